The summed E-state index contributed by atoms with van der Waals surface area (Å²) in [4.78, 5) is 5.90. The minimum absolute atomic E-state index is 0.340. The molecule has 1 atom stereocenters. The Morgan fingerprint density at radius 3 is 2.83 bits per heavy atom. The van der Waals surface area contributed by atoms with Crippen LogP contribution in [0, 0.1) is 0 Å². The van der Waals surface area contributed by atoms with Gasteiger partial charge in [0, 0.05) is 43.4 Å². The summed E-state index contributed by atoms with van der Waals surface area (Å²) < 4.78 is 5.65. The first-order valence-corrected chi connectivity index (χ1v) is 9.42. The summed E-state index contributed by atoms with van der Waals surface area (Å²) in [5, 5.41) is 5.59. The van der Waals surface area contributed by atoms with E-state index in [9.17, 15) is 0 Å². The molecule has 2 fully saturated rings. The summed E-state index contributed by atoms with van der Waals surface area (Å²) in [6.45, 7) is 3.80. The first kappa shape index (κ1) is 15.9. The molecule has 2 aliphatic rings. The Labute approximate surface area is 148 Å². The number of para-hydroxylation sites is 1. The van der Waals surface area contributed by atoms with E-state index in [0.717, 1.165) is 50.6 Å². The van der Waals surface area contributed by atoms with E-state index < -0.39 is 0 Å². The summed E-state index contributed by atoms with van der Waals surface area (Å²) in [7, 11) is 0. The number of piperidine rings is 1. The highest BCUT2D eigenvalue weighted by Gasteiger charge is 2.24. The molecule has 4 nitrogen and oxygen atoms in total. The molecule has 5 heteroatoms. The van der Waals surface area contributed by atoms with Crippen LogP contribution >= 0.6 is 12.2 Å². The predicted octanol–water partition coefficient (Wildman–Crippen LogP) is 3.40. The molecule has 0 spiro atoms. The normalized spacial score (nSPS) is 22.2. The minimum atomic E-state index is 0.340. The predicted molar refractivity (Wildman–Crippen MR) is 101 cm³/mol. The van der Waals surface area contributed by atoms with Crippen LogP contribution in [0.5, 0.6) is 0 Å². The molecule has 2 N–H and O–H groups in total. The lowest BCUT2D eigenvalue weighted by molar-refractivity contribution is 0.113. The summed E-state index contributed by atoms with van der Waals surface area (Å²) in [6, 6.07) is 10.8. The van der Waals surface area contributed by atoms with Gasteiger partial charge in [0.2, 0.25) is 0 Å². The number of ether oxygens (including phenoxy) is 1. The van der Waals surface area contributed by atoms with E-state index in [0.29, 0.717) is 12.0 Å². The van der Waals surface area contributed by atoms with Gasteiger partial charge in [-0.2, -0.15) is 0 Å². The number of thiocarbonyl (C=S) groups is 1. The monoisotopic (exact) mass is 343 g/mol. The standard InChI is InChI=1S/C19H25N3OS/c24-19(20-13-16-5-3-11-23-16)22-9-7-14(8-10-22)18-12-15-4-1-2-6-17(15)21-18/h1-2,4,6,12,14,16,21H,3,5,7-11,13H2,(H,20,24)/t16-/m1/s1. The molecule has 0 bridgehead atoms. The molecule has 1 aromatic carbocycles. The van der Waals surface area contributed by atoms with Gasteiger partial charge in [-0.15, -0.1) is 0 Å². The van der Waals surface area contributed by atoms with E-state index in [1.807, 2.05) is 0 Å². The maximum atomic E-state index is 5.65. The summed E-state index contributed by atoms with van der Waals surface area (Å²) in [5.74, 6) is 0.606. The van der Waals surface area contributed by atoms with E-state index in [1.54, 1.807) is 0 Å². The van der Waals surface area contributed by atoms with E-state index in [1.165, 1.54) is 23.0 Å². The lowest BCUT2D eigenvalue weighted by Crippen LogP contribution is -2.45. The van der Waals surface area contributed by atoms with E-state index in [-0.39, 0.29) is 0 Å². The highest BCUT2D eigenvalue weighted by atomic mass is 32.1. The van der Waals surface area contributed by atoms with Crippen molar-refractivity contribution in [3.05, 3.63) is 36.0 Å². The molecule has 4 rings (SSSR count). The maximum absolute atomic E-state index is 5.65. The average Bonchev–Trinajstić information content (AvgIpc) is 3.29. The Morgan fingerprint density at radius 1 is 1.25 bits per heavy atom. The molecule has 0 saturated carbocycles. The van der Waals surface area contributed by atoms with Crippen LogP contribution in [0.3, 0.4) is 0 Å². The molecular weight excluding hydrogens is 318 g/mol. The number of rotatable bonds is 3. The average molecular weight is 343 g/mol. The Bertz CT molecular complexity index is 666. The minimum Gasteiger partial charge on any atom is -0.376 e. The summed E-state index contributed by atoms with van der Waals surface area (Å²) in [6.07, 6.45) is 4.96. The second-order valence-electron chi connectivity index (χ2n) is 6.89. The third-order valence-electron chi connectivity index (χ3n) is 5.28. The molecular formula is C19H25N3OS. The second-order valence-corrected chi connectivity index (χ2v) is 7.28. The molecule has 0 amide bonds. The van der Waals surface area contributed by atoms with Crippen LogP contribution in [0.15, 0.2) is 30.3 Å². The van der Waals surface area contributed by atoms with Crippen molar-refractivity contribution >= 4 is 28.2 Å². The van der Waals surface area contributed by atoms with Crippen LogP contribution in [0.25, 0.3) is 10.9 Å². The van der Waals surface area contributed by atoms with Gasteiger partial charge in [0.15, 0.2) is 5.11 Å². The molecule has 1 aromatic heterocycles. The lowest BCUT2D eigenvalue weighted by Gasteiger charge is -2.33. The number of hydrogen-bond donors (Lipinski definition) is 2. The molecule has 3 heterocycles. The van der Waals surface area contributed by atoms with Crippen molar-refractivity contribution in [2.45, 2.75) is 37.7 Å². The van der Waals surface area contributed by atoms with Crippen molar-refractivity contribution in [1.29, 1.82) is 0 Å². The highest BCUT2D eigenvalue weighted by Crippen LogP contribution is 2.29. The van der Waals surface area contributed by atoms with Gasteiger partial charge in [-0.1, -0.05) is 18.2 Å². The van der Waals surface area contributed by atoms with Gasteiger partial charge in [-0.05, 0) is 55.4 Å². The van der Waals surface area contributed by atoms with E-state index in [4.69, 9.17) is 17.0 Å². The Hall–Kier alpha value is -1.59. The van der Waals surface area contributed by atoms with Crippen LogP contribution in [0.1, 0.15) is 37.3 Å². The number of benzene rings is 1. The largest absolute Gasteiger partial charge is 0.376 e. The second kappa shape index (κ2) is 7.11. The number of hydrogen-bond acceptors (Lipinski definition) is 2. The Kier molecular flexibility index (Phi) is 4.72. The third kappa shape index (κ3) is 3.42. The quantitative estimate of drug-likeness (QED) is 0.838. The van der Waals surface area contributed by atoms with Gasteiger partial charge >= 0.3 is 0 Å². The zero-order chi connectivity index (χ0) is 16.4. The number of fused-ring (bicyclic) bond motifs is 1. The van der Waals surface area contributed by atoms with Crippen LogP contribution in [-0.2, 0) is 4.74 Å². The smallest absolute Gasteiger partial charge is 0.169 e. The van der Waals surface area contributed by atoms with Crippen molar-refractivity contribution in [1.82, 2.24) is 15.2 Å². The molecule has 0 aliphatic carbocycles. The Balaban J connectivity index is 1.30. The molecule has 2 aromatic rings. The molecule has 24 heavy (non-hydrogen) atoms. The van der Waals surface area contributed by atoms with E-state index >= 15 is 0 Å². The van der Waals surface area contributed by atoms with Crippen molar-refractivity contribution in [3.63, 3.8) is 0 Å². The first-order chi connectivity index (χ1) is 11.8. The van der Waals surface area contributed by atoms with Gasteiger partial charge in [0.05, 0.1) is 6.10 Å². The fourth-order valence-corrected chi connectivity index (χ4v) is 4.09. The zero-order valence-electron chi connectivity index (χ0n) is 14.0. The number of aromatic nitrogens is 1. The zero-order valence-corrected chi connectivity index (χ0v) is 14.8. The molecule has 128 valence electrons. The summed E-state index contributed by atoms with van der Waals surface area (Å²) >= 11 is 5.57. The number of nitrogens with zero attached hydrogens (tertiary/aromatic N) is 1. The van der Waals surface area contributed by atoms with Crippen molar-refractivity contribution < 1.29 is 4.74 Å². The Morgan fingerprint density at radius 2 is 2.08 bits per heavy atom. The van der Waals surface area contributed by atoms with Gasteiger partial charge < -0.3 is 19.9 Å². The maximum Gasteiger partial charge on any atom is 0.169 e. The van der Waals surface area contributed by atoms with Crippen molar-refractivity contribution in [2.24, 2.45) is 0 Å². The van der Waals surface area contributed by atoms with Gasteiger partial charge in [-0.3, -0.25) is 0 Å². The van der Waals surface area contributed by atoms with Crippen molar-refractivity contribution in [2.75, 3.05) is 26.2 Å². The number of aromatic amines is 1. The molecule has 2 saturated heterocycles. The topological polar surface area (TPSA) is 40.3 Å². The summed E-state index contributed by atoms with van der Waals surface area (Å²) in [5.41, 5.74) is 2.61. The SMILES string of the molecule is S=C(NC[C@H]1CCCO1)N1CCC(c2cc3ccccc3[nH]2)CC1. The van der Waals surface area contributed by atoms with Gasteiger partial charge in [0.25, 0.3) is 0 Å². The fraction of sp³-hybridized carbons (Fsp3) is 0.526. The number of H-pyrrole nitrogens is 1. The van der Waals surface area contributed by atoms with Crippen LogP contribution < -0.4 is 5.32 Å². The van der Waals surface area contributed by atoms with Crippen molar-refractivity contribution in [3.8, 4) is 0 Å². The molecule has 0 radical (unpaired) electrons. The lowest BCUT2D eigenvalue weighted by atomic mass is 9.94. The molecule has 0 unspecified atom stereocenters. The fourth-order valence-electron chi connectivity index (χ4n) is 3.83. The van der Waals surface area contributed by atoms with E-state index in [2.05, 4.69) is 45.5 Å². The number of nitrogens with one attached hydrogen (secondary N) is 2. The first-order valence-electron chi connectivity index (χ1n) is 9.01. The van der Waals surface area contributed by atoms with Crippen LogP contribution in [0.4, 0.5) is 0 Å². The van der Waals surface area contributed by atoms with Crippen LogP contribution in [0.2, 0.25) is 0 Å². The van der Waals surface area contributed by atoms with Crippen LogP contribution in [-0.4, -0.2) is 47.3 Å². The van der Waals surface area contributed by atoms with Gasteiger partial charge in [0.1, 0.15) is 0 Å². The third-order valence-corrected chi connectivity index (χ3v) is 5.68. The highest BCUT2D eigenvalue weighted by molar-refractivity contribution is 7.80. The van der Waals surface area contributed by atoms with Gasteiger partial charge in [-0.25, -0.2) is 0 Å². The molecule has 2 aliphatic heterocycles. The number of likely N-dealkylation sites (tertiary alicyclic amines) is 1.